The van der Waals surface area contributed by atoms with Crippen LogP contribution < -0.4 is 11.3 Å². The van der Waals surface area contributed by atoms with Gasteiger partial charge in [0.05, 0.1) is 11.7 Å². The molecule has 0 aromatic carbocycles. The molecular formula is C11H23N5. The van der Waals surface area contributed by atoms with Gasteiger partial charge in [-0.05, 0) is 33.5 Å². The average molecular weight is 225 g/mol. The van der Waals surface area contributed by atoms with Gasteiger partial charge in [-0.2, -0.15) is 5.10 Å². The van der Waals surface area contributed by atoms with Crippen molar-refractivity contribution >= 4 is 0 Å². The fourth-order valence-electron chi connectivity index (χ4n) is 2.03. The first kappa shape index (κ1) is 13.2. The molecule has 16 heavy (non-hydrogen) atoms. The van der Waals surface area contributed by atoms with Crippen LogP contribution in [-0.2, 0) is 7.05 Å². The Morgan fingerprint density at radius 1 is 1.62 bits per heavy atom. The Morgan fingerprint density at radius 2 is 2.25 bits per heavy atom. The highest BCUT2D eigenvalue weighted by molar-refractivity contribution is 5.13. The average Bonchev–Trinajstić information content (AvgIpc) is 2.65. The fourth-order valence-corrected chi connectivity index (χ4v) is 2.03. The van der Waals surface area contributed by atoms with E-state index < -0.39 is 0 Å². The number of aryl methyl sites for hydroxylation is 1. The molecule has 2 unspecified atom stereocenters. The lowest BCUT2D eigenvalue weighted by Gasteiger charge is -2.42. The molecule has 92 valence electrons. The van der Waals surface area contributed by atoms with Gasteiger partial charge in [-0.1, -0.05) is 6.92 Å². The van der Waals surface area contributed by atoms with Crippen molar-refractivity contribution in [1.82, 2.24) is 20.1 Å². The Bertz CT molecular complexity index is 333. The highest BCUT2D eigenvalue weighted by atomic mass is 15.3. The van der Waals surface area contributed by atoms with E-state index in [4.69, 9.17) is 5.84 Å². The lowest BCUT2D eigenvalue weighted by Crippen LogP contribution is -2.53. The van der Waals surface area contributed by atoms with Crippen LogP contribution in [0.1, 0.15) is 32.0 Å². The Hall–Kier alpha value is -0.910. The highest BCUT2D eigenvalue weighted by Crippen LogP contribution is 2.31. The standard InChI is InChI=1S/C11H23N5/c1-6-11(2,15(3)4)10(14-12)9-7-8-13-16(9)5/h7-8,10,14H,6,12H2,1-5H3. The maximum Gasteiger partial charge on any atom is 0.0809 e. The summed E-state index contributed by atoms with van der Waals surface area (Å²) in [5, 5.41) is 4.20. The molecule has 0 saturated heterocycles. The van der Waals surface area contributed by atoms with Crippen molar-refractivity contribution in [2.24, 2.45) is 12.9 Å². The van der Waals surface area contributed by atoms with Gasteiger partial charge in [0.2, 0.25) is 0 Å². The maximum absolute atomic E-state index is 5.71. The lowest BCUT2D eigenvalue weighted by molar-refractivity contribution is 0.109. The summed E-state index contributed by atoms with van der Waals surface area (Å²) in [5.74, 6) is 5.71. The van der Waals surface area contributed by atoms with E-state index in [9.17, 15) is 0 Å². The van der Waals surface area contributed by atoms with Gasteiger partial charge in [0, 0.05) is 18.8 Å². The van der Waals surface area contributed by atoms with E-state index in [0.29, 0.717) is 0 Å². The number of rotatable bonds is 5. The second-order valence-electron chi connectivity index (χ2n) is 4.58. The second-order valence-corrected chi connectivity index (χ2v) is 4.58. The van der Waals surface area contributed by atoms with Crippen LogP contribution in [0.2, 0.25) is 0 Å². The summed E-state index contributed by atoms with van der Waals surface area (Å²) in [7, 11) is 6.08. The Labute approximate surface area is 97.6 Å². The summed E-state index contributed by atoms with van der Waals surface area (Å²) in [6, 6.07) is 2.06. The highest BCUT2D eigenvalue weighted by Gasteiger charge is 2.36. The van der Waals surface area contributed by atoms with Gasteiger partial charge < -0.3 is 4.90 Å². The number of aromatic nitrogens is 2. The number of nitrogens with zero attached hydrogens (tertiary/aromatic N) is 3. The molecule has 0 radical (unpaired) electrons. The van der Waals surface area contributed by atoms with E-state index in [2.05, 4.69) is 43.4 Å². The third-order valence-corrected chi connectivity index (χ3v) is 3.68. The number of likely N-dealkylation sites (N-methyl/N-ethyl adjacent to an activating group) is 1. The van der Waals surface area contributed by atoms with Crippen LogP contribution in [0.4, 0.5) is 0 Å². The summed E-state index contributed by atoms with van der Waals surface area (Å²) in [6.45, 7) is 4.37. The summed E-state index contributed by atoms with van der Waals surface area (Å²) >= 11 is 0. The van der Waals surface area contributed by atoms with Crippen LogP contribution in [0.5, 0.6) is 0 Å². The molecule has 0 aliphatic heterocycles. The SMILES string of the molecule is CCC(C)(C(NN)c1ccnn1C)N(C)C. The summed E-state index contributed by atoms with van der Waals surface area (Å²) in [4.78, 5) is 2.20. The zero-order valence-corrected chi connectivity index (χ0v) is 10.9. The molecule has 1 rings (SSSR count). The number of nitrogens with two attached hydrogens (primary N) is 1. The third-order valence-electron chi connectivity index (χ3n) is 3.68. The van der Waals surface area contributed by atoms with Crippen molar-refractivity contribution in [1.29, 1.82) is 0 Å². The van der Waals surface area contributed by atoms with Gasteiger partial charge >= 0.3 is 0 Å². The number of hydrogen-bond acceptors (Lipinski definition) is 4. The molecule has 0 saturated carbocycles. The molecule has 1 aromatic heterocycles. The van der Waals surface area contributed by atoms with Crippen LogP contribution in [-0.4, -0.2) is 34.3 Å². The van der Waals surface area contributed by atoms with Crippen LogP contribution in [0, 0.1) is 0 Å². The predicted molar refractivity (Wildman–Crippen MR) is 65.7 cm³/mol. The van der Waals surface area contributed by atoms with E-state index in [1.807, 2.05) is 17.8 Å². The first-order chi connectivity index (χ1) is 7.47. The van der Waals surface area contributed by atoms with Crippen molar-refractivity contribution < 1.29 is 0 Å². The Balaban J connectivity index is 3.11. The van der Waals surface area contributed by atoms with Crippen LogP contribution in [0.25, 0.3) is 0 Å². The smallest absolute Gasteiger partial charge is 0.0809 e. The first-order valence-corrected chi connectivity index (χ1v) is 5.58. The number of hydrogen-bond donors (Lipinski definition) is 2. The van der Waals surface area contributed by atoms with Crippen molar-refractivity contribution in [2.75, 3.05) is 14.1 Å². The Kier molecular flexibility index (Phi) is 4.07. The molecule has 0 spiro atoms. The van der Waals surface area contributed by atoms with E-state index >= 15 is 0 Å². The fraction of sp³-hybridized carbons (Fsp3) is 0.727. The van der Waals surface area contributed by atoms with Crippen molar-refractivity contribution in [3.05, 3.63) is 18.0 Å². The van der Waals surface area contributed by atoms with Crippen LogP contribution in [0.3, 0.4) is 0 Å². The van der Waals surface area contributed by atoms with E-state index in [1.54, 1.807) is 6.20 Å². The third kappa shape index (κ3) is 2.11. The zero-order chi connectivity index (χ0) is 12.3. The molecule has 1 heterocycles. The molecule has 0 aliphatic rings. The normalized spacial score (nSPS) is 17.4. The minimum Gasteiger partial charge on any atom is -0.302 e. The summed E-state index contributed by atoms with van der Waals surface area (Å²) in [6.07, 6.45) is 2.80. The molecule has 5 nitrogen and oxygen atoms in total. The molecule has 2 atom stereocenters. The van der Waals surface area contributed by atoms with Gasteiger partial charge in [0.15, 0.2) is 0 Å². The lowest BCUT2D eigenvalue weighted by atomic mass is 9.86. The topological polar surface area (TPSA) is 59.1 Å². The van der Waals surface area contributed by atoms with Gasteiger partial charge in [-0.15, -0.1) is 0 Å². The molecule has 0 amide bonds. The maximum atomic E-state index is 5.71. The molecule has 0 fully saturated rings. The molecular weight excluding hydrogens is 202 g/mol. The Morgan fingerprint density at radius 3 is 2.56 bits per heavy atom. The molecule has 0 aliphatic carbocycles. The minimum atomic E-state index is -0.0391. The first-order valence-electron chi connectivity index (χ1n) is 5.58. The predicted octanol–water partition coefficient (Wildman–Crippen LogP) is 0.655. The number of hydrazine groups is 1. The molecule has 3 N–H and O–H groups in total. The second kappa shape index (κ2) is 4.95. The zero-order valence-electron chi connectivity index (χ0n) is 10.9. The van der Waals surface area contributed by atoms with Crippen LogP contribution in [0.15, 0.2) is 12.3 Å². The summed E-state index contributed by atoms with van der Waals surface area (Å²) < 4.78 is 1.86. The van der Waals surface area contributed by atoms with E-state index in [1.165, 1.54) is 0 Å². The van der Waals surface area contributed by atoms with E-state index in [0.717, 1.165) is 12.1 Å². The summed E-state index contributed by atoms with van der Waals surface area (Å²) in [5.41, 5.74) is 3.97. The molecule has 1 aromatic rings. The molecule has 5 heteroatoms. The van der Waals surface area contributed by atoms with Gasteiger partial charge in [0.25, 0.3) is 0 Å². The number of nitrogens with one attached hydrogen (secondary N) is 1. The van der Waals surface area contributed by atoms with E-state index in [-0.39, 0.29) is 11.6 Å². The van der Waals surface area contributed by atoms with Crippen LogP contribution >= 0.6 is 0 Å². The largest absolute Gasteiger partial charge is 0.302 e. The van der Waals surface area contributed by atoms with Gasteiger partial charge in [-0.25, -0.2) is 5.43 Å². The van der Waals surface area contributed by atoms with Crippen molar-refractivity contribution in [3.63, 3.8) is 0 Å². The van der Waals surface area contributed by atoms with Gasteiger partial charge in [0.1, 0.15) is 0 Å². The quantitative estimate of drug-likeness (QED) is 0.571. The van der Waals surface area contributed by atoms with Crippen molar-refractivity contribution in [3.8, 4) is 0 Å². The van der Waals surface area contributed by atoms with Gasteiger partial charge in [-0.3, -0.25) is 10.5 Å². The molecule has 0 bridgehead atoms. The monoisotopic (exact) mass is 225 g/mol. The minimum absolute atomic E-state index is 0.0391. The van der Waals surface area contributed by atoms with Crippen molar-refractivity contribution in [2.45, 2.75) is 31.8 Å².